The average Bonchev–Trinajstić information content (AvgIpc) is 2.01. The molecule has 0 heterocycles. The van der Waals surface area contributed by atoms with Crippen LogP contribution in [0.1, 0.15) is 18.9 Å². The van der Waals surface area contributed by atoms with Crippen LogP contribution in [0.5, 0.6) is 0 Å². The Bertz CT molecular complexity index is 290. The standard InChI is InChI=1S/C10H12F3N/c1-9(14,7-10(11,12)13)8-5-3-2-4-6-8/h2-6H,7,14H2,1H3. The van der Waals surface area contributed by atoms with Gasteiger partial charge in [-0.15, -0.1) is 0 Å². The summed E-state index contributed by atoms with van der Waals surface area (Å²) in [6.45, 7) is 1.38. The molecule has 0 saturated carbocycles. The van der Waals surface area contributed by atoms with Crippen LogP contribution in [0.15, 0.2) is 30.3 Å². The number of hydrogen-bond donors (Lipinski definition) is 1. The van der Waals surface area contributed by atoms with E-state index in [4.69, 9.17) is 5.73 Å². The van der Waals surface area contributed by atoms with E-state index in [1.807, 2.05) is 0 Å². The molecule has 0 saturated heterocycles. The molecule has 0 aromatic heterocycles. The highest BCUT2D eigenvalue weighted by atomic mass is 19.4. The minimum atomic E-state index is -4.24. The van der Waals surface area contributed by atoms with Gasteiger partial charge in [0.25, 0.3) is 0 Å². The monoisotopic (exact) mass is 203 g/mol. The smallest absolute Gasteiger partial charge is 0.321 e. The molecule has 0 fully saturated rings. The molecule has 1 aromatic rings. The Hall–Kier alpha value is -1.03. The highest BCUT2D eigenvalue weighted by molar-refractivity contribution is 5.23. The molecule has 0 radical (unpaired) electrons. The van der Waals surface area contributed by atoms with Crippen LogP contribution >= 0.6 is 0 Å². The van der Waals surface area contributed by atoms with Gasteiger partial charge in [-0.05, 0) is 12.5 Å². The molecule has 1 aromatic carbocycles. The largest absolute Gasteiger partial charge is 0.391 e. The number of halogens is 3. The van der Waals surface area contributed by atoms with E-state index in [1.165, 1.54) is 6.92 Å². The van der Waals surface area contributed by atoms with Gasteiger partial charge >= 0.3 is 6.18 Å². The van der Waals surface area contributed by atoms with Gasteiger partial charge < -0.3 is 5.73 Å². The topological polar surface area (TPSA) is 26.0 Å². The van der Waals surface area contributed by atoms with Crippen molar-refractivity contribution in [3.63, 3.8) is 0 Å². The molecule has 2 N–H and O–H groups in total. The average molecular weight is 203 g/mol. The molecule has 78 valence electrons. The fourth-order valence-corrected chi connectivity index (χ4v) is 1.34. The Balaban J connectivity index is 2.86. The van der Waals surface area contributed by atoms with Crippen molar-refractivity contribution in [3.05, 3.63) is 35.9 Å². The molecule has 1 unspecified atom stereocenters. The summed E-state index contributed by atoms with van der Waals surface area (Å²) in [4.78, 5) is 0. The Morgan fingerprint density at radius 3 is 2.07 bits per heavy atom. The number of benzene rings is 1. The zero-order valence-corrected chi connectivity index (χ0v) is 7.81. The summed E-state index contributed by atoms with van der Waals surface area (Å²) in [5.41, 5.74) is 4.75. The van der Waals surface area contributed by atoms with Crippen molar-refractivity contribution in [1.29, 1.82) is 0 Å². The zero-order chi connectivity index (χ0) is 10.8. The highest BCUT2D eigenvalue weighted by Gasteiger charge is 2.37. The highest BCUT2D eigenvalue weighted by Crippen LogP contribution is 2.32. The molecule has 1 atom stereocenters. The molecule has 0 amide bonds. The zero-order valence-electron chi connectivity index (χ0n) is 7.81. The van der Waals surface area contributed by atoms with Crippen LogP contribution < -0.4 is 5.73 Å². The van der Waals surface area contributed by atoms with Crippen LogP contribution in [-0.4, -0.2) is 6.18 Å². The Morgan fingerprint density at radius 2 is 1.64 bits per heavy atom. The van der Waals surface area contributed by atoms with E-state index >= 15 is 0 Å². The maximum atomic E-state index is 12.2. The van der Waals surface area contributed by atoms with E-state index in [1.54, 1.807) is 30.3 Å². The third-order valence-corrected chi connectivity index (χ3v) is 2.00. The van der Waals surface area contributed by atoms with Crippen molar-refractivity contribution >= 4 is 0 Å². The third-order valence-electron chi connectivity index (χ3n) is 2.00. The molecule has 0 spiro atoms. The molecule has 0 aliphatic carbocycles. The van der Waals surface area contributed by atoms with Crippen molar-refractivity contribution in [2.75, 3.05) is 0 Å². The van der Waals surface area contributed by atoms with Crippen LogP contribution in [-0.2, 0) is 5.54 Å². The number of hydrogen-bond acceptors (Lipinski definition) is 1. The van der Waals surface area contributed by atoms with Gasteiger partial charge in [0.1, 0.15) is 0 Å². The fraction of sp³-hybridized carbons (Fsp3) is 0.400. The minimum Gasteiger partial charge on any atom is -0.321 e. The molecule has 1 nitrogen and oxygen atoms in total. The van der Waals surface area contributed by atoms with E-state index in [0.717, 1.165) is 0 Å². The van der Waals surface area contributed by atoms with Crippen molar-refractivity contribution in [2.24, 2.45) is 5.73 Å². The fourth-order valence-electron chi connectivity index (χ4n) is 1.34. The summed E-state index contributed by atoms with van der Waals surface area (Å²) in [6.07, 6.45) is -5.25. The van der Waals surface area contributed by atoms with Crippen molar-refractivity contribution in [1.82, 2.24) is 0 Å². The second-order valence-corrected chi connectivity index (χ2v) is 3.58. The molecular formula is C10H12F3N. The number of rotatable bonds is 2. The molecule has 14 heavy (non-hydrogen) atoms. The lowest BCUT2D eigenvalue weighted by molar-refractivity contribution is -0.146. The lowest BCUT2D eigenvalue weighted by Crippen LogP contribution is -2.37. The molecule has 0 aliphatic heterocycles. The van der Waals surface area contributed by atoms with E-state index in [0.29, 0.717) is 5.56 Å². The number of nitrogens with two attached hydrogens (primary N) is 1. The molecule has 0 aliphatic rings. The first-order chi connectivity index (χ1) is 6.31. The quantitative estimate of drug-likeness (QED) is 0.785. The summed E-state index contributed by atoms with van der Waals surface area (Å²) < 4.78 is 36.5. The van der Waals surface area contributed by atoms with E-state index in [2.05, 4.69) is 0 Å². The lowest BCUT2D eigenvalue weighted by atomic mass is 9.90. The SMILES string of the molecule is CC(N)(CC(F)(F)F)c1ccccc1. The van der Waals surface area contributed by atoms with E-state index in [9.17, 15) is 13.2 Å². The van der Waals surface area contributed by atoms with Crippen LogP contribution in [0.3, 0.4) is 0 Å². The molecule has 1 rings (SSSR count). The first kappa shape index (κ1) is 11.0. The minimum absolute atomic E-state index is 0.498. The van der Waals surface area contributed by atoms with Gasteiger partial charge in [0.05, 0.1) is 6.42 Å². The van der Waals surface area contributed by atoms with Crippen LogP contribution in [0, 0.1) is 0 Å². The van der Waals surface area contributed by atoms with Crippen molar-refractivity contribution in [2.45, 2.75) is 25.1 Å². The van der Waals surface area contributed by atoms with Gasteiger partial charge in [0.15, 0.2) is 0 Å². The van der Waals surface area contributed by atoms with Gasteiger partial charge in [-0.1, -0.05) is 30.3 Å². The maximum absolute atomic E-state index is 12.2. The van der Waals surface area contributed by atoms with E-state index < -0.39 is 18.1 Å². The van der Waals surface area contributed by atoms with Crippen LogP contribution in [0.2, 0.25) is 0 Å². The molecule has 0 bridgehead atoms. The Kier molecular flexibility index (Phi) is 2.85. The van der Waals surface area contributed by atoms with Crippen molar-refractivity contribution < 1.29 is 13.2 Å². The summed E-state index contributed by atoms with van der Waals surface area (Å²) in [5, 5.41) is 0. The van der Waals surface area contributed by atoms with E-state index in [-0.39, 0.29) is 0 Å². The van der Waals surface area contributed by atoms with Crippen LogP contribution in [0.4, 0.5) is 13.2 Å². The predicted molar refractivity (Wildman–Crippen MR) is 48.7 cm³/mol. The summed E-state index contributed by atoms with van der Waals surface area (Å²) >= 11 is 0. The Morgan fingerprint density at radius 1 is 1.14 bits per heavy atom. The first-order valence-corrected chi connectivity index (χ1v) is 4.22. The first-order valence-electron chi connectivity index (χ1n) is 4.22. The van der Waals surface area contributed by atoms with Crippen molar-refractivity contribution in [3.8, 4) is 0 Å². The van der Waals surface area contributed by atoms with Gasteiger partial charge in [-0.25, -0.2) is 0 Å². The summed E-state index contributed by atoms with van der Waals surface area (Å²) in [5.74, 6) is 0. The summed E-state index contributed by atoms with van der Waals surface area (Å²) in [6, 6.07) is 8.30. The Labute approximate surface area is 80.7 Å². The van der Waals surface area contributed by atoms with Crippen LogP contribution in [0.25, 0.3) is 0 Å². The summed E-state index contributed by atoms with van der Waals surface area (Å²) in [7, 11) is 0. The predicted octanol–water partition coefficient (Wildman–Crippen LogP) is 2.81. The van der Waals surface area contributed by atoms with Gasteiger partial charge in [0, 0.05) is 5.54 Å². The second kappa shape index (κ2) is 3.61. The number of alkyl halides is 3. The normalized spacial score (nSPS) is 16.4. The van der Waals surface area contributed by atoms with Gasteiger partial charge in [-0.2, -0.15) is 13.2 Å². The van der Waals surface area contributed by atoms with Gasteiger partial charge in [-0.3, -0.25) is 0 Å². The van der Waals surface area contributed by atoms with Gasteiger partial charge in [0.2, 0.25) is 0 Å². The lowest BCUT2D eigenvalue weighted by Gasteiger charge is -2.26. The molecular weight excluding hydrogens is 191 g/mol. The third kappa shape index (κ3) is 3.03. The second-order valence-electron chi connectivity index (χ2n) is 3.58. The maximum Gasteiger partial charge on any atom is 0.391 e. The molecule has 4 heteroatoms.